The van der Waals surface area contributed by atoms with Crippen molar-refractivity contribution in [3.05, 3.63) is 17.6 Å². The van der Waals surface area contributed by atoms with Crippen molar-refractivity contribution < 1.29 is 4.79 Å². The van der Waals surface area contributed by atoms with E-state index in [4.69, 9.17) is 5.73 Å². The van der Waals surface area contributed by atoms with Crippen LogP contribution < -0.4 is 11.1 Å². The monoisotopic (exact) mass is 317 g/mol. The number of anilines is 1. The molecule has 1 aromatic heterocycles. The summed E-state index contributed by atoms with van der Waals surface area (Å²) >= 11 is 0. The van der Waals surface area contributed by atoms with Gasteiger partial charge < -0.3 is 16.0 Å². The molecule has 6 heteroatoms. The molecular formula is C17H27N5O. The molecule has 1 aliphatic heterocycles. The van der Waals surface area contributed by atoms with Crippen LogP contribution in [0.1, 0.15) is 43.6 Å². The number of carbonyl (C=O) groups is 1. The van der Waals surface area contributed by atoms with Gasteiger partial charge in [0.1, 0.15) is 11.6 Å². The minimum atomic E-state index is 0.325. The second kappa shape index (κ2) is 7.25. The smallest absolute Gasteiger partial charge is 0.223 e. The molecule has 1 aromatic rings. The number of rotatable bonds is 6. The number of amides is 1. The number of nitrogens with one attached hydrogen (secondary N) is 1. The van der Waals surface area contributed by atoms with E-state index in [0.29, 0.717) is 30.8 Å². The first kappa shape index (κ1) is 16.2. The normalized spacial score (nSPS) is 22.1. The molecule has 0 spiro atoms. The Morgan fingerprint density at radius 3 is 2.87 bits per heavy atom. The lowest BCUT2D eigenvalue weighted by molar-refractivity contribution is -0.129. The van der Waals surface area contributed by atoms with Gasteiger partial charge in [-0.25, -0.2) is 9.97 Å². The van der Waals surface area contributed by atoms with Crippen molar-refractivity contribution in [2.75, 3.05) is 25.0 Å². The predicted molar refractivity (Wildman–Crippen MR) is 90.1 cm³/mol. The van der Waals surface area contributed by atoms with Gasteiger partial charge in [-0.3, -0.25) is 4.79 Å². The van der Waals surface area contributed by atoms with Gasteiger partial charge in [-0.05, 0) is 26.3 Å². The van der Waals surface area contributed by atoms with Crippen LogP contribution >= 0.6 is 0 Å². The highest BCUT2D eigenvalue weighted by atomic mass is 16.2. The highest BCUT2D eigenvalue weighted by Crippen LogP contribution is 2.29. The van der Waals surface area contributed by atoms with Gasteiger partial charge in [0.15, 0.2) is 0 Å². The van der Waals surface area contributed by atoms with E-state index < -0.39 is 0 Å². The Balaban J connectivity index is 1.55. The van der Waals surface area contributed by atoms with Gasteiger partial charge in [0.2, 0.25) is 5.91 Å². The lowest BCUT2D eigenvalue weighted by Gasteiger charge is -2.24. The number of hydrogen-bond donors (Lipinski definition) is 2. The number of likely N-dealkylation sites (tertiary alicyclic amines) is 1. The summed E-state index contributed by atoms with van der Waals surface area (Å²) in [6, 6.07) is 2.45. The van der Waals surface area contributed by atoms with Gasteiger partial charge in [-0.15, -0.1) is 0 Å². The molecule has 2 aliphatic rings. The zero-order valence-electron chi connectivity index (χ0n) is 13.9. The average molecular weight is 317 g/mol. The molecule has 1 atom stereocenters. The predicted octanol–water partition coefficient (Wildman–Crippen LogP) is 1.49. The van der Waals surface area contributed by atoms with Gasteiger partial charge in [0, 0.05) is 49.7 Å². The second-order valence-corrected chi connectivity index (χ2v) is 6.77. The molecule has 1 saturated heterocycles. The minimum Gasteiger partial charge on any atom is -0.370 e. The van der Waals surface area contributed by atoms with Gasteiger partial charge in [0.25, 0.3) is 0 Å². The van der Waals surface area contributed by atoms with Crippen LogP contribution in [-0.2, 0) is 11.2 Å². The van der Waals surface area contributed by atoms with Crippen LogP contribution in [0.15, 0.2) is 6.07 Å². The largest absolute Gasteiger partial charge is 0.370 e. The van der Waals surface area contributed by atoms with Crippen molar-refractivity contribution in [2.45, 2.75) is 51.5 Å². The molecule has 6 nitrogen and oxygen atoms in total. The summed E-state index contributed by atoms with van der Waals surface area (Å²) in [7, 11) is 0. The Morgan fingerprint density at radius 1 is 1.35 bits per heavy atom. The summed E-state index contributed by atoms with van der Waals surface area (Å²) in [5, 5.41) is 3.39. The van der Waals surface area contributed by atoms with E-state index in [-0.39, 0.29) is 0 Å². The molecule has 0 radical (unpaired) electrons. The highest BCUT2D eigenvalue weighted by molar-refractivity contribution is 5.79. The second-order valence-electron chi connectivity index (χ2n) is 6.77. The SMILES string of the molecule is Cc1nc(CCN)cc(NCC2CC(=O)N(C3CCCC3)C2)n1. The summed E-state index contributed by atoms with van der Waals surface area (Å²) in [4.78, 5) is 23.2. The molecule has 0 bridgehead atoms. The quantitative estimate of drug-likeness (QED) is 0.830. The number of hydrogen-bond acceptors (Lipinski definition) is 5. The topological polar surface area (TPSA) is 84.1 Å². The Hall–Kier alpha value is -1.69. The molecule has 126 valence electrons. The van der Waals surface area contributed by atoms with E-state index in [0.717, 1.165) is 36.8 Å². The third-order valence-corrected chi connectivity index (χ3v) is 4.87. The molecule has 1 saturated carbocycles. The number of aromatic nitrogens is 2. The first-order valence-corrected chi connectivity index (χ1v) is 8.73. The maximum atomic E-state index is 12.2. The van der Waals surface area contributed by atoms with Crippen LogP contribution in [0, 0.1) is 12.8 Å². The molecule has 1 unspecified atom stereocenters. The highest BCUT2D eigenvalue weighted by Gasteiger charge is 2.35. The molecule has 1 aliphatic carbocycles. The molecule has 3 rings (SSSR count). The van der Waals surface area contributed by atoms with Crippen molar-refractivity contribution in [3.63, 3.8) is 0 Å². The summed E-state index contributed by atoms with van der Waals surface area (Å²) in [6.07, 6.45) is 6.31. The summed E-state index contributed by atoms with van der Waals surface area (Å²) in [6.45, 7) is 4.15. The maximum absolute atomic E-state index is 12.2. The van der Waals surface area contributed by atoms with Crippen LogP contribution in [0.2, 0.25) is 0 Å². The van der Waals surface area contributed by atoms with Crippen LogP contribution in [0.4, 0.5) is 5.82 Å². The third kappa shape index (κ3) is 3.99. The molecule has 3 N–H and O–H groups in total. The van der Waals surface area contributed by atoms with E-state index in [1.54, 1.807) is 0 Å². The van der Waals surface area contributed by atoms with Gasteiger partial charge in [0.05, 0.1) is 0 Å². The van der Waals surface area contributed by atoms with E-state index in [9.17, 15) is 4.79 Å². The number of nitrogens with zero attached hydrogens (tertiary/aromatic N) is 3. The van der Waals surface area contributed by atoms with Gasteiger partial charge >= 0.3 is 0 Å². The third-order valence-electron chi connectivity index (χ3n) is 4.87. The van der Waals surface area contributed by atoms with Crippen molar-refractivity contribution >= 4 is 11.7 Å². The Kier molecular flexibility index (Phi) is 5.10. The summed E-state index contributed by atoms with van der Waals surface area (Å²) in [5.74, 6) is 2.30. The fourth-order valence-electron chi connectivity index (χ4n) is 3.76. The number of carbonyl (C=O) groups excluding carboxylic acids is 1. The molecule has 2 heterocycles. The van der Waals surface area contributed by atoms with Crippen LogP contribution in [-0.4, -0.2) is 46.5 Å². The van der Waals surface area contributed by atoms with Crippen molar-refractivity contribution in [1.82, 2.24) is 14.9 Å². The van der Waals surface area contributed by atoms with Crippen molar-refractivity contribution in [1.29, 1.82) is 0 Å². The lowest BCUT2D eigenvalue weighted by atomic mass is 10.1. The number of nitrogens with two attached hydrogens (primary N) is 1. The van der Waals surface area contributed by atoms with E-state index in [1.807, 2.05) is 13.0 Å². The van der Waals surface area contributed by atoms with Gasteiger partial charge in [-0.1, -0.05) is 12.8 Å². The van der Waals surface area contributed by atoms with Crippen molar-refractivity contribution in [3.8, 4) is 0 Å². The average Bonchev–Trinajstić information content (AvgIpc) is 3.14. The molecule has 0 aromatic carbocycles. The van der Waals surface area contributed by atoms with Crippen molar-refractivity contribution in [2.24, 2.45) is 11.7 Å². The molecular weight excluding hydrogens is 290 g/mol. The van der Waals surface area contributed by atoms with E-state index >= 15 is 0 Å². The summed E-state index contributed by atoms with van der Waals surface area (Å²) < 4.78 is 0. The zero-order valence-corrected chi connectivity index (χ0v) is 13.9. The first-order valence-electron chi connectivity index (χ1n) is 8.73. The summed E-state index contributed by atoms with van der Waals surface area (Å²) in [5.41, 5.74) is 6.57. The molecule has 1 amide bonds. The fourth-order valence-corrected chi connectivity index (χ4v) is 3.76. The van der Waals surface area contributed by atoms with Gasteiger partial charge in [-0.2, -0.15) is 0 Å². The lowest BCUT2D eigenvalue weighted by Crippen LogP contribution is -2.34. The Labute approximate surface area is 137 Å². The van der Waals surface area contributed by atoms with E-state index in [2.05, 4.69) is 20.2 Å². The fraction of sp³-hybridized carbons (Fsp3) is 0.706. The first-order chi connectivity index (χ1) is 11.2. The van der Waals surface area contributed by atoms with Crippen LogP contribution in [0.25, 0.3) is 0 Å². The maximum Gasteiger partial charge on any atom is 0.223 e. The molecule has 23 heavy (non-hydrogen) atoms. The molecule has 2 fully saturated rings. The Bertz CT molecular complexity index is 556. The number of aryl methyl sites for hydroxylation is 1. The van der Waals surface area contributed by atoms with Crippen LogP contribution in [0.5, 0.6) is 0 Å². The standard InChI is InChI=1S/C17H27N5O/c1-12-20-14(6-7-18)9-16(21-12)19-10-13-8-17(23)22(11-13)15-4-2-3-5-15/h9,13,15H,2-8,10-11,18H2,1H3,(H,19,20,21). The minimum absolute atomic E-state index is 0.325. The van der Waals surface area contributed by atoms with E-state index in [1.165, 1.54) is 25.7 Å². The Morgan fingerprint density at radius 2 is 2.13 bits per heavy atom. The van der Waals surface area contributed by atoms with Crippen LogP contribution in [0.3, 0.4) is 0 Å². The zero-order chi connectivity index (χ0) is 16.2.